The number of benzene rings is 1. The highest BCUT2D eigenvalue weighted by Gasteiger charge is 2.26. The molecule has 0 aliphatic carbocycles. The monoisotopic (exact) mass is 347 g/mol. The van der Waals surface area contributed by atoms with Gasteiger partial charge in [-0.2, -0.15) is 0 Å². The van der Waals surface area contributed by atoms with Crippen molar-refractivity contribution in [3.8, 4) is 5.75 Å². The molecule has 7 nitrogen and oxygen atoms in total. The molecule has 2 fully saturated rings. The van der Waals surface area contributed by atoms with Gasteiger partial charge in [0, 0.05) is 31.8 Å². The average Bonchev–Trinajstić information content (AvgIpc) is 2.63. The number of carbonyl (C=O) groups is 1. The first kappa shape index (κ1) is 17.7. The second-order valence-corrected chi connectivity index (χ2v) is 6.91. The predicted octanol–water partition coefficient (Wildman–Crippen LogP) is 3.29. The van der Waals surface area contributed by atoms with E-state index in [1.807, 2.05) is 0 Å². The van der Waals surface area contributed by atoms with Gasteiger partial charge in [0.2, 0.25) is 0 Å². The minimum atomic E-state index is -0.473. The number of ether oxygens (including phenoxy) is 1. The number of non-ortho nitro benzene ring substituents is 1. The van der Waals surface area contributed by atoms with Crippen molar-refractivity contribution < 1.29 is 14.5 Å². The van der Waals surface area contributed by atoms with E-state index < -0.39 is 4.92 Å². The summed E-state index contributed by atoms with van der Waals surface area (Å²) in [6.07, 6.45) is 5.60. The first-order valence-electron chi connectivity index (χ1n) is 9.05. The number of carbonyl (C=O) groups excluding carboxylic acids is 1. The molecule has 0 N–H and O–H groups in total. The molecule has 0 spiro atoms. The van der Waals surface area contributed by atoms with Crippen molar-refractivity contribution in [2.75, 3.05) is 32.7 Å². The first-order chi connectivity index (χ1) is 12.1. The lowest BCUT2D eigenvalue weighted by Crippen LogP contribution is -2.43. The lowest BCUT2D eigenvalue weighted by Gasteiger charge is -2.35. The maximum absolute atomic E-state index is 12.2. The summed E-state index contributed by atoms with van der Waals surface area (Å²) < 4.78 is 5.33. The second kappa shape index (κ2) is 8.29. The molecular formula is C18H25N3O4. The van der Waals surface area contributed by atoms with Crippen molar-refractivity contribution in [3.05, 3.63) is 34.4 Å². The molecule has 25 heavy (non-hydrogen) atoms. The molecule has 2 aliphatic rings. The molecule has 0 aromatic heterocycles. The summed E-state index contributed by atoms with van der Waals surface area (Å²) in [4.78, 5) is 26.7. The van der Waals surface area contributed by atoms with E-state index in [0.717, 1.165) is 19.4 Å². The highest BCUT2D eigenvalue weighted by atomic mass is 16.6. The summed E-state index contributed by atoms with van der Waals surface area (Å²) in [5, 5.41) is 10.6. The quantitative estimate of drug-likeness (QED) is 0.617. The molecule has 1 amide bonds. The number of hydrogen-bond acceptors (Lipinski definition) is 5. The van der Waals surface area contributed by atoms with E-state index in [1.54, 1.807) is 4.90 Å². The van der Waals surface area contributed by atoms with Gasteiger partial charge in [-0.1, -0.05) is 6.42 Å². The summed E-state index contributed by atoms with van der Waals surface area (Å²) in [5.74, 6) is 0.993. The number of amides is 1. The van der Waals surface area contributed by atoms with Crippen LogP contribution in [0.3, 0.4) is 0 Å². The largest absolute Gasteiger partial charge is 0.415 e. The Kier molecular flexibility index (Phi) is 5.86. The van der Waals surface area contributed by atoms with Crippen molar-refractivity contribution in [1.82, 2.24) is 9.80 Å². The Labute approximate surface area is 147 Å². The number of likely N-dealkylation sites (tertiary alicyclic amines) is 2. The van der Waals surface area contributed by atoms with Gasteiger partial charge in [-0.3, -0.25) is 10.1 Å². The van der Waals surface area contributed by atoms with Crippen LogP contribution < -0.4 is 4.74 Å². The van der Waals surface area contributed by atoms with Crippen LogP contribution in [-0.2, 0) is 0 Å². The molecule has 0 saturated carbocycles. The van der Waals surface area contributed by atoms with E-state index in [0.29, 0.717) is 24.8 Å². The molecular weight excluding hydrogens is 322 g/mol. The van der Waals surface area contributed by atoms with Gasteiger partial charge in [-0.05, 0) is 56.8 Å². The highest BCUT2D eigenvalue weighted by Crippen LogP contribution is 2.22. The summed E-state index contributed by atoms with van der Waals surface area (Å²) in [6.45, 7) is 4.99. The fourth-order valence-corrected chi connectivity index (χ4v) is 3.61. The number of nitro groups is 1. The molecule has 0 radical (unpaired) electrons. The minimum absolute atomic E-state index is 0.0154. The third-order valence-corrected chi connectivity index (χ3v) is 5.09. The zero-order chi connectivity index (χ0) is 17.6. The van der Waals surface area contributed by atoms with E-state index >= 15 is 0 Å². The van der Waals surface area contributed by atoms with Crippen molar-refractivity contribution in [2.24, 2.45) is 5.92 Å². The van der Waals surface area contributed by atoms with Gasteiger partial charge in [-0.15, -0.1) is 0 Å². The Morgan fingerprint density at radius 1 is 1.08 bits per heavy atom. The molecule has 1 aromatic carbocycles. The minimum Gasteiger partial charge on any atom is -0.410 e. The van der Waals surface area contributed by atoms with Gasteiger partial charge < -0.3 is 14.5 Å². The van der Waals surface area contributed by atoms with Crippen LogP contribution in [0.25, 0.3) is 0 Å². The number of hydrogen-bond donors (Lipinski definition) is 0. The van der Waals surface area contributed by atoms with E-state index in [9.17, 15) is 14.9 Å². The smallest absolute Gasteiger partial charge is 0.410 e. The maximum atomic E-state index is 12.2. The van der Waals surface area contributed by atoms with Gasteiger partial charge in [0.25, 0.3) is 5.69 Å². The number of rotatable bonds is 4. The molecule has 3 rings (SSSR count). The van der Waals surface area contributed by atoms with Crippen LogP contribution in [0, 0.1) is 16.0 Å². The molecule has 0 unspecified atom stereocenters. The lowest BCUT2D eigenvalue weighted by molar-refractivity contribution is -0.384. The van der Waals surface area contributed by atoms with E-state index in [2.05, 4.69) is 4.90 Å². The van der Waals surface area contributed by atoms with E-state index in [4.69, 9.17) is 4.74 Å². The molecule has 0 bridgehead atoms. The second-order valence-electron chi connectivity index (χ2n) is 6.91. The van der Waals surface area contributed by atoms with Crippen LogP contribution in [0.4, 0.5) is 10.5 Å². The normalized spacial score (nSPS) is 19.6. The highest BCUT2D eigenvalue weighted by molar-refractivity contribution is 5.70. The third-order valence-electron chi connectivity index (χ3n) is 5.09. The molecule has 0 atom stereocenters. The van der Waals surface area contributed by atoms with Crippen LogP contribution >= 0.6 is 0 Å². The fraction of sp³-hybridized carbons (Fsp3) is 0.611. The molecule has 2 heterocycles. The summed E-state index contributed by atoms with van der Waals surface area (Å²) >= 11 is 0. The van der Waals surface area contributed by atoms with E-state index in [1.165, 1.54) is 56.6 Å². The van der Waals surface area contributed by atoms with Gasteiger partial charge in [0.1, 0.15) is 5.75 Å². The zero-order valence-corrected chi connectivity index (χ0v) is 14.4. The van der Waals surface area contributed by atoms with Crippen molar-refractivity contribution in [3.63, 3.8) is 0 Å². The summed E-state index contributed by atoms with van der Waals surface area (Å²) in [6, 6.07) is 5.60. The van der Waals surface area contributed by atoms with Crippen molar-refractivity contribution >= 4 is 11.8 Å². The molecule has 136 valence electrons. The zero-order valence-electron chi connectivity index (χ0n) is 14.4. The van der Waals surface area contributed by atoms with Crippen LogP contribution in [-0.4, -0.2) is 53.5 Å². The number of piperidine rings is 2. The predicted molar refractivity (Wildman–Crippen MR) is 93.7 cm³/mol. The topological polar surface area (TPSA) is 75.9 Å². The molecule has 1 aromatic rings. The third kappa shape index (κ3) is 4.92. The van der Waals surface area contributed by atoms with Gasteiger partial charge in [0.05, 0.1) is 4.92 Å². The van der Waals surface area contributed by atoms with Crippen LogP contribution in [0.2, 0.25) is 0 Å². The Hall–Kier alpha value is -2.15. The number of nitro benzene ring substituents is 1. The van der Waals surface area contributed by atoms with Gasteiger partial charge >= 0.3 is 6.09 Å². The lowest BCUT2D eigenvalue weighted by atomic mass is 9.95. The SMILES string of the molecule is O=C(Oc1ccc([N+](=O)[O-])cc1)N1CCC(CN2CCCCC2)CC1. The van der Waals surface area contributed by atoms with Gasteiger partial charge in [-0.25, -0.2) is 4.79 Å². The van der Waals surface area contributed by atoms with Gasteiger partial charge in [0.15, 0.2) is 0 Å². The Morgan fingerprint density at radius 2 is 1.72 bits per heavy atom. The molecule has 2 aliphatic heterocycles. The van der Waals surface area contributed by atoms with Crippen LogP contribution in [0.15, 0.2) is 24.3 Å². The van der Waals surface area contributed by atoms with Crippen LogP contribution in [0.1, 0.15) is 32.1 Å². The standard InChI is InChI=1S/C18H25N3O4/c22-18(25-17-6-4-16(5-7-17)21(23)24)20-12-8-15(9-13-20)14-19-10-2-1-3-11-19/h4-7,15H,1-3,8-14H2. The van der Waals surface area contributed by atoms with Crippen molar-refractivity contribution in [2.45, 2.75) is 32.1 Å². The Morgan fingerprint density at radius 3 is 2.32 bits per heavy atom. The molecule has 2 saturated heterocycles. The Bertz CT molecular complexity index is 591. The molecule has 7 heteroatoms. The fourth-order valence-electron chi connectivity index (χ4n) is 3.61. The summed E-state index contributed by atoms with van der Waals surface area (Å²) in [7, 11) is 0. The van der Waals surface area contributed by atoms with E-state index in [-0.39, 0.29) is 11.8 Å². The number of nitrogens with zero attached hydrogens (tertiary/aromatic N) is 3. The first-order valence-corrected chi connectivity index (χ1v) is 9.05. The average molecular weight is 347 g/mol. The van der Waals surface area contributed by atoms with Crippen molar-refractivity contribution in [1.29, 1.82) is 0 Å². The summed E-state index contributed by atoms with van der Waals surface area (Å²) in [5.41, 5.74) is -0.0154. The maximum Gasteiger partial charge on any atom is 0.415 e. The Balaban J connectivity index is 1.44. The van der Waals surface area contributed by atoms with Crippen LogP contribution in [0.5, 0.6) is 5.75 Å².